The summed E-state index contributed by atoms with van der Waals surface area (Å²) in [5, 5.41) is 18.0. The summed E-state index contributed by atoms with van der Waals surface area (Å²) in [6, 6.07) is 22.3. The van der Waals surface area contributed by atoms with Crippen LogP contribution in [0.4, 0.5) is 4.39 Å². The average molecular weight is 344 g/mol. The van der Waals surface area contributed by atoms with E-state index in [1.165, 1.54) is 12.1 Å². The highest BCUT2D eigenvalue weighted by atomic mass is 19.1. The SMILES string of the molecule is N#Cc1ccc(Oc2cccc(Oc3cccc(CF)c3)c2)cc1C#N. The van der Waals surface area contributed by atoms with Crippen LogP contribution >= 0.6 is 0 Å². The second-order valence-corrected chi connectivity index (χ2v) is 5.39. The van der Waals surface area contributed by atoms with Crippen LogP contribution in [0.3, 0.4) is 0 Å². The monoisotopic (exact) mass is 344 g/mol. The van der Waals surface area contributed by atoms with E-state index in [0.29, 0.717) is 34.1 Å². The number of nitrogens with zero attached hydrogens (tertiary/aromatic N) is 2. The van der Waals surface area contributed by atoms with Crippen LogP contribution in [0.2, 0.25) is 0 Å². The summed E-state index contributed by atoms with van der Waals surface area (Å²) < 4.78 is 24.2. The lowest BCUT2D eigenvalue weighted by Crippen LogP contribution is -1.90. The molecule has 0 saturated heterocycles. The van der Waals surface area contributed by atoms with Crippen molar-refractivity contribution in [1.29, 1.82) is 10.5 Å². The highest BCUT2D eigenvalue weighted by Crippen LogP contribution is 2.29. The Morgan fingerprint density at radius 2 is 1.27 bits per heavy atom. The van der Waals surface area contributed by atoms with Gasteiger partial charge in [-0.1, -0.05) is 18.2 Å². The van der Waals surface area contributed by atoms with Crippen molar-refractivity contribution in [2.24, 2.45) is 0 Å². The summed E-state index contributed by atoms with van der Waals surface area (Å²) >= 11 is 0. The van der Waals surface area contributed by atoms with Gasteiger partial charge < -0.3 is 9.47 Å². The number of ether oxygens (including phenoxy) is 2. The number of alkyl halides is 1. The lowest BCUT2D eigenvalue weighted by Gasteiger charge is -2.10. The molecular formula is C21H13FN2O2. The molecule has 126 valence electrons. The van der Waals surface area contributed by atoms with Crippen LogP contribution in [0.1, 0.15) is 16.7 Å². The Kier molecular flexibility index (Phi) is 5.12. The third-order valence-corrected chi connectivity index (χ3v) is 3.56. The van der Waals surface area contributed by atoms with Gasteiger partial charge in [-0.25, -0.2) is 4.39 Å². The topological polar surface area (TPSA) is 66.0 Å². The fourth-order valence-corrected chi connectivity index (χ4v) is 2.34. The van der Waals surface area contributed by atoms with Crippen molar-refractivity contribution in [3.63, 3.8) is 0 Å². The lowest BCUT2D eigenvalue weighted by atomic mass is 10.1. The Balaban J connectivity index is 1.79. The van der Waals surface area contributed by atoms with Crippen LogP contribution in [0.5, 0.6) is 23.0 Å². The molecule has 3 aromatic rings. The quantitative estimate of drug-likeness (QED) is 0.614. The van der Waals surface area contributed by atoms with Crippen molar-refractivity contribution in [1.82, 2.24) is 0 Å². The Hall–Kier alpha value is -3.83. The van der Waals surface area contributed by atoms with Crippen LogP contribution in [0.25, 0.3) is 0 Å². The minimum Gasteiger partial charge on any atom is -0.457 e. The molecule has 0 atom stereocenters. The van der Waals surface area contributed by atoms with Crippen LogP contribution in [-0.2, 0) is 6.67 Å². The van der Waals surface area contributed by atoms with Gasteiger partial charge >= 0.3 is 0 Å². The van der Waals surface area contributed by atoms with Gasteiger partial charge in [-0.3, -0.25) is 0 Å². The molecule has 26 heavy (non-hydrogen) atoms. The summed E-state index contributed by atoms with van der Waals surface area (Å²) in [4.78, 5) is 0. The average Bonchev–Trinajstić information content (AvgIpc) is 2.68. The number of benzene rings is 3. The number of rotatable bonds is 5. The third kappa shape index (κ3) is 3.98. The molecule has 0 bridgehead atoms. The Labute approximate surface area is 150 Å². The second kappa shape index (κ2) is 7.83. The molecule has 0 fully saturated rings. The van der Waals surface area contributed by atoms with E-state index in [9.17, 15) is 4.39 Å². The minimum atomic E-state index is -0.555. The molecule has 0 spiro atoms. The van der Waals surface area contributed by atoms with Gasteiger partial charge in [0.15, 0.2) is 0 Å². The first-order valence-electron chi connectivity index (χ1n) is 7.77. The zero-order valence-corrected chi connectivity index (χ0v) is 13.6. The molecule has 0 aliphatic carbocycles. The van der Waals surface area contributed by atoms with E-state index in [2.05, 4.69) is 0 Å². The highest BCUT2D eigenvalue weighted by molar-refractivity contribution is 5.50. The van der Waals surface area contributed by atoms with E-state index in [-0.39, 0.29) is 5.56 Å². The van der Waals surface area contributed by atoms with Gasteiger partial charge in [0, 0.05) is 6.07 Å². The van der Waals surface area contributed by atoms with Crippen molar-refractivity contribution in [2.45, 2.75) is 6.67 Å². The molecular weight excluding hydrogens is 331 g/mol. The summed E-state index contributed by atoms with van der Waals surface area (Å²) in [5.41, 5.74) is 1.08. The normalized spacial score (nSPS) is 9.81. The Morgan fingerprint density at radius 1 is 0.692 bits per heavy atom. The summed E-state index contributed by atoms with van der Waals surface area (Å²) in [7, 11) is 0. The lowest BCUT2D eigenvalue weighted by molar-refractivity contribution is 0.456. The van der Waals surface area contributed by atoms with Crippen LogP contribution in [0, 0.1) is 22.7 Å². The van der Waals surface area contributed by atoms with Gasteiger partial charge in [-0.15, -0.1) is 0 Å². The van der Waals surface area contributed by atoms with Crippen molar-refractivity contribution in [2.75, 3.05) is 0 Å². The maximum absolute atomic E-state index is 12.7. The van der Waals surface area contributed by atoms with Crippen LogP contribution in [0.15, 0.2) is 66.7 Å². The molecule has 0 amide bonds. The van der Waals surface area contributed by atoms with E-state index >= 15 is 0 Å². The maximum Gasteiger partial charge on any atom is 0.131 e. The summed E-state index contributed by atoms with van der Waals surface area (Å²) in [6.07, 6.45) is 0. The van der Waals surface area contributed by atoms with Gasteiger partial charge in [0.25, 0.3) is 0 Å². The fraction of sp³-hybridized carbons (Fsp3) is 0.0476. The van der Waals surface area contributed by atoms with E-state index in [4.69, 9.17) is 20.0 Å². The van der Waals surface area contributed by atoms with Crippen molar-refractivity contribution < 1.29 is 13.9 Å². The molecule has 0 aromatic heterocycles. The number of hydrogen-bond donors (Lipinski definition) is 0. The smallest absolute Gasteiger partial charge is 0.131 e. The van der Waals surface area contributed by atoms with E-state index in [1.54, 1.807) is 54.6 Å². The van der Waals surface area contributed by atoms with Crippen molar-refractivity contribution in [3.05, 3.63) is 83.4 Å². The summed E-state index contributed by atoms with van der Waals surface area (Å²) in [6.45, 7) is -0.555. The molecule has 0 radical (unpaired) electrons. The molecule has 4 nitrogen and oxygen atoms in total. The van der Waals surface area contributed by atoms with Crippen molar-refractivity contribution in [3.8, 4) is 35.1 Å². The molecule has 3 rings (SSSR count). The number of nitriles is 2. The minimum absolute atomic E-state index is 0.250. The van der Waals surface area contributed by atoms with E-state index in [1.807, 2.05) is 12.1 Å². The number of halogens is 1. The Morgan fingerprint density at radius 3 is 1.88 bits per heavy atom. The molecule has 0 unspecified atom stereocenters. The molecule has 3 aromatic carbocycles. The maximum atomic E-state index is 12.7. The first-order chi connectivity index (χ1) is 12.7. The van der Waals surface area contributed by atoms with Crippen molar-refractivity contribution >= 4 is 0 Å². The van der Waals surface area contributed by atoms with Crippen LogP contribution < -0.4 is 9.47 Å². The summed E-state index contributed by atoms with van der Waals surface area (Å²) in [5.74, 6) is 2.02. The van der Waals surface area contributed by atoms with Gasteiger partial charge in [-0.2, -0.15) is 10.5 Å². The standard InChI is InChI=1S/C21H13FN2O2/c22-12-15-3-1-4-18(9-15)25-19-5-2-6-20(11-19)26-21-8-7-16(13-23)17(10-21)14-24/h1-11H,12H2. The zero-order chi connectivity index (χ0) is 18.4. The third-order valence-electron chi connectivity index (χ3n) is 3.56. The first kappa shape index (κ1) is 17.0. The predicted octanol–water partition coefficient (Wildman–Crippen LogP) is 5.48. The Bertz CT molecular complexity index is 1020. The number of hydrogen-bond acceptors (Lipinski definition) is 4. The van der Waals surface area contributed by atoms with Crippen LogP contribution in [-0.4, -0.2) is 0 Å². The van der Waals surface area contributed by atoms with E-state index in [0.717, 1.165) is 0 Å². The molecule has 0 aliphatic rings. The van der Waals surface area contributed by atoms with Gasteiger partial charge in [0.05, 0.1) is 11.1 Å². The highest BCUT2D eigenvalue weighted by Gasteiger charge is 2.06. The second-order valence-electron chi connectivity index (χ2n) is 5.39. The van der Waals surface area contributed by atoms with Gasteiger partial charge in [0.2, 0.25) is 0 Å². The predicted molar refractivity (Wildman–Crippen MR) is 93.7 cm³/mol. The fourth-order valence-electron chi connectivity index (χ4n) is 2.34. The molecule has 0 N–H and O–H groups in total. The molecule has 0 heterocycles. The molecule has 0 saturated carbocycles. The largest absolute Gasteiger partial charge is 0.457 e. The van der Waals surface area contributed by atoms with Gasteiger partial charge in [0.1, 0.15) is 41.8 Å². The molecule has 5 heteroatoms. The first-order valence-corrected chi connectivity index (χ1v) is 7.77. The molecule has 0 aliphatic heterocycles. The zero-order valence-electron chi connectivity index (χ0n) is 13.6. The van der Waals surface area contributed by atoms with E-state index < -0.39 is 6.67 Å². The van der Waals surface area contributed by atoms with Gasteiger partial charge in [-0.05, 0) is 48.0 Å².